The normalized spacial score (nSPS) is 15.0. The minimum Gasteiger partial charge on any atom is -0.857 e. The van der Waals surface area contributed by atoms with Crippen molar-refractivity contribution in [2.45, 2.75) is 0 Å². The zero-order valence-corrected chi connectivity index (χ0v) is 12.1. The van der Waals surface area contributed by atoms with Gasteiger partial charge in [-0.25, -0.2) is 19.3 Å². The van der Waals surface area contributed by atoms with Crippen LogP contribution < -0.4 is 10.0 Å². The van der Waals surface area contributed by atoms with Crippen LogP contribution >= 0.6 is 0 Å². The van der Waals surface area contributed by atoms with Crippen molar-refractivity contribution in [3.8, 4) is 17.4 Å². The Hall–Kier alpha value is -3.01. The monoisotopic (exact) mass is 313 g/mol. The van der Waals surface area contributed by atoms with Gasteiger partial charge in [0.25, 0.3) is 0 Å². The van der Waals surface area contributed by atoms with Gasteiger partial charge >= 0.3 is 0 Å². The summed E-state index contributed by atoms with van der Waals surface area (Å²) in [5.41, 5.74) is 0.314. The smallest absolute Gasteiger partial charge is 0.158 e. The maximum Gasteiger partial charge on any atom is 0.158 e. The first-order chi connectivity index (χ1) is 11.3. The lowest BCUT2D eigenvalue weighted by molar-refractivity contribution is -0.277. The lowest BCUT2D eigenvalue weighted by Gasteiger charge is -2.27. The van der Waals surface area contributed by atoms with Gasteiger partial charge < -0.3 is 14.7 Å². The predicted molar refractivity (Wildman–Crippen MR) is 76.5 cm³/mol. The molecule has 0 atom stereocenters. The van der Waals surface area contributed by atoms with Crippen molar-refractivity contribution in [3.63, 3.8) is 0 Å². The lowest BCUT2D eigenvalue weighted by Crippen LogP contribution is -2.36. The number of hydrogen-bond acceptors (Lipinski definition) is 8. The highest BCUT2D eigenvalue weighted by atomic mass is 16.5. The Morgan fingerprint density at radius 3 is 2.74 bits per heavy atom. The Balaban J connectivity index is 1.68. The molecule has 23 heavy (non-hydrogen) atoms. The average Bonchev–Trinajstić information content (AvgIpc) is 3.25. The van der Waals surface area contributed by atoms with E-state index in [9.17, 15) is 5.11 Å². The summed E-state index contributed by atoms with van der Waals surface area (Å²) in [6, 6.07) is 1.74. The molecule has 0 saturated carbocycles. The summed E-state index contributed by atoms with van der Waals surface area (Å²) in [5, 5.41) is 24.1. The van der Waals surface area contributed by atoms with Gasteiger partial charge in [0.15, 0.2) is 5.82 Å². The quantitative estimate of drug-likeness (QED) is 0.615. The number of ether oxygens (including phenoxy) is 1. The molecule has 3 aromatic rings. The summed E-state index contributed by atoms with van der Waals surface area (Å²) >= 11 is 0. The molecule has 0 bridgehead atoms. The zero-order valence-electron chi connectivity index (χ0n) is 12.1. The van der Waals surface area contributed by atoms with Gasteiger partial charge in [-0.1, -0.05) is 5.21 Å². The minimum absolute atomic E-state index is 0.314. The van der Waals surface area contributed by atoms with Crippen LogP contribution in [-0.2, 0) is 4.74 Å². The van der Waals surface area contributed by atoms with Gasteiger partial charge in [-0.15, -0.1) is 5.10 Å². The molecule has 0 N–H and O–H groups in total. The second kappa shape index (κ2) is 5.65. The standard InChI is InChI=1S/C13H14N8O2/c22-13-10(20-2-1-16-18-20)8-17-21(13)12-7-11(14-9-15-12)19-3-5-23-6-4-19/h1-2,7-9,22H,3-6H2/p-1. The van der Waals surface area contributed by atoms with E-state index in [1.807, 2.05) is 0 Å². The van der Waals surface area contributed by atoms with E-state index in [1.165, 1.54) is 28.1 Å². The fourth-order valence-electron chi connectivity index (χ4n) is 2.40. The highest BCUT2D eigenvalue weighted by Gasteiger charge is 2.14. The SMILES string of the molecule is [O-]c1c(-n2ccnn2)cnn1-c1cc(N2CCOCC2)ncn1. The maximum atomic E-state index is 12.5. The molecule has 10 heteroatoms. The Labute approximate surface area is 131 Å². The van der Waals surface area contributed by atoms with Gasteiger partial charge in [-0.3, -0.25) is 0 Å². The maximum absolute atomic E-state index is 12.5. The Morgan fingerprint density at radius 1 is 1.13 bits per heavy atom. The van der Waals surface area contributed by atoms with Crippen LogP contribution in [0.5, 0.6) is 5.88 Å². The second-order valence-corrected chi connectivity index (χ2v) is 4.93. The van der Waals surface area contributed by atoms with Crippen LogP contribution in [0.4, 0.5) is 5.82 Å². The summed E-state index contributed by atoms with van der Waals surface area (Å²) in [5.74, 6) is 0.843. The van der Waals surface area contributed by atoms with Crippen LogP contribution in [0.1, 0.15) is 0 Å². The van der Waals surface area contributed by atoms with E-state index in [-0.39, 0.29) is 5.88 Å². The summed E-state index contributed by atoms with van der Waals surface area (Å²) in [6.45, 7) is 2.82. The Morgan fingerprint density at radius 2 is 1.96 bits per heavy atom. The zero-order chi connectivity index (χ0) is 15.6. The number of hydrogen-bond donors (Lipinski definition) is 0. The number of morpholine rings is 1. The van der Waals surface area contributed by atoms with Crippen molar-refractivity contribution >= 4 is 5.82 Å². The largest absolute Gasteiger partial charge is 0.857 e. The number of rotatable bonds is 3. The van der Waals surface area contributed by atoms with E-state index < -0.39 is 0 Å². The molecule has 4 rings (SSSR count). The molecule has 0 aromatic carbocycles. The molecule has 10 nitrogen and oxygen atoms in total. The number of aromatic nitrogens is 7. The van der Waals surface area contributed by atoms with E-state index in [0.717, 1.165) is 18.9 Å². The first kappa shape index (κ1) is 13.6. The van der Waals surface area contributed by atoms with Gasteiger partial charge in [-0.2, -0.15) is 5.10 Å². The summed E-state index contributed by atoms with van der Waals surface area (Å²) < 4.78 is 7.93. The van der Waals surface area contributed by atoms with Crippen molar-refractivity contribution in [2.24, 2.45) is 0 Å². The summed E-state index contributed by atoms with van der Waals surface area (Å²) in [7, 11) is 0. The highest BCUT2D eigenvalue weighted by Crippen LogP contribution is 2.22. The van der Waals surface area contributed by atoms with Gasteiger partial charge in [-0.05, 0) is 0 Å². The van der Waals surface area contributed by atoms with Crippen molar-refractivity contribution in [3.05, 3.63) is 31.0 Å². The second-order valence-electron chi connectivity index (χ2n) is 4.93. The van der Waals surface area contributed by atoms with Gasteiger partial charge in [0.2, 0.25) is 0 Å². The molecule has 0 radical (unpaired) electrons. The molecular formula is C13H13N8O2-. The first-order valence-electron chi connectivity index (χ1n) is 7.10. The molecule has 0 spiro atoms. The molecule has 1 fully saturated rings. The molecule has 1 saturated heterocycles. The van der Waals surface area contributed by atoms with Crippen molar-refractivity contribution in [1.29, 1.82) is 0 Å². The van der Waals surface area contributed by atoms with E-state index in [2.05, 4.69) is 30.3 Å². The minimum atomic E-state index is -0.317. The topological polar surface area (TPSA) is 110 Å². The third kappa shape index (κ3) is 2.48. The van der Waals surface area contributed by atoms with E-state index >= 15 is 0 Å². The van der Waals surface area contributed by atoms with Gasteiger partial charge in [0.1, 0.15) is 12.1 Å². The third-order valence-corrected chi connectivity index (χ3v) is 3.57. The fraction of sp³-hybridized carbons (Fsp3) is 0.308. The highest BCUT2D eigenvalue weighted by molar-refractivity contribution is 5.47. The molecule has 3 aromatic heterocycles. The first-order valence-corrected chi connectivity index (χ1v) is 7.10. The number of anilines is 1. The van der Waals surface area contributed by atoms with Gasteiger partial charge in [0, 0.05) is 25.0 Å². The van der Waals surface area contributed by atoms with Crippen molar-refractivity contribution in [2.75, 3.05) is 31.2 Å². The van der Waals surface area contributed by atoms with Crippen LogP contribution in [0.3, 0.4) is 0 Å². The molecule has 0 unspecified atom stereocenters. The van der Waals surface area contributed by atoms with Crippen LogP contribution in [0.15, 0.2) is 31.0 Å². The fourth-order valence-corrected chi connectivity index (χ4v) is 2.40. The molecule has 0 amide bonds. The van der Waals surface area contributed by atoms with Crippen LogP contribution in [0.2, 0.25) is 0 Å². The lowest BCUT2D eigenvalue weighted by atomic mass is 10.4. The van der Waals surface area contributed by atoms with Crippen LogP contribution in [-0.4, -0.2) is 61.0 Å². The molecular weight excluding hydrogens is 300 g/mol. The van der Waals surface area contributed by atoms with E-state index in [4.69, 9.17) is 4.74 Å². The third-order valence-electron chi connectivity index (χ3n) is 3.57. The molecule has 4 heterocycles. The molecule has 1 aliphatic rings. The van der Waals surface area contributed by atoms with Crippen LogP contribution in [0.25, 0.3) is 11.5 Å². The molecule has 0 aliphatic carbocycles. The van der Waals surface area contributed by atoms with Crippen molar-refractivity contribution < 1.29 is 9.84 Å². The predicted octanol–water partition coefficient (Wildman–Crippen LogP) is -0.847. The Bertz CT molecular complexity index is 794. The number of nitrogens with zero attached hydrogens (tertiary/aromatic N) is 8. The Kier molecular flexibility index (Phi) is 3.35. The van der Waals surface area contributed by atoms with Gasteiger partial charge in [0.05, 0.1) is 37.5 Å². The average molecular weight is 313 g/mol. The summed E-state index contributed by atoms with van der Waals surface area (Å²) in [4.78, 5) is 10.5. The van der Waals surface area contributed by atoms with E-state index in [0.29, 0.717) is 24.7 Å². The molecule has 1 aliphatic heterocycles. The van der Waals surface area contributed by atoms with E-state index in [1.54, 1.807) is 12.3 Å². The molecule has 118 valence electrons. The summed E-state index contributed by atoms with van der Waals surface area (Å²) in [6.07, 6.45) is 5.95. The van der Waals surface area contributed by atoms with Crippen molar-refractivity contribution in [1.82, 2.24) is 34.7 Å². The van der Waals surface area contributed by atoms with Crippen LogP contribution in [0, 0.1) is 0 Å².